The summed E-state index contributed by atoms with van der Waals surface area (Å²) < 4.78 is 0. The summed E-state index contributed by atoms with van der Waals surface area (Å²) in [7, 11) is 0. The minimum Gasteiger partial charge on any atom is -0.480 e. The predicted octanol–water partition coefficient (Wildman–Crippen LogP) is 2.61. The number of rotatable bonds is 4. The van der Waals surface area contributed by atoms with Gasteiger partial charge in [0.05, 0.1) is 0 Å². The Hall–Kier alpha value is -1.84. The number of carboxylic acids is 1. The van der Waals surface area contributed by atoms with Crippen LogP contribution in [0.3, 0.4) is 0 Å². The smallest absolute Gasteiger partial charge is 0.319 e. The maximum atomic E-state index is 12.0. The summed E-state index contributed by atoms with van der Waals surface area (Å²) >= 11 is 0. The minimum absolute atomic E-state index is 0.279. The summed E-state index contributed by atoms with van der Waals surface area (Å²) in [5, 5.41) is 11.8. The number of carbonyl (C=O) groups is 2. The maximum absolute atomic E-state index is 12.0. The molecule has 0 saturated heterocycles. The van der Waals surface area contributed by atoms with E-state index in [1.807, 2.05) is 38.1 Å². The van der Waals surface area contributed by atoms with Crippen LogP contribution in [0.4, 0.5) is 5.69 Å². The monoisotopic (exact) mass is 247 g/mol. The standard InChI is InChI=1S/C14H17NO3/c1-9(2)10-5-3-4-6-11(10)15-12(16)14(7-8-14)13(17)18/h3-6,9H,7-8H2,1-2H3,(H,15,16)(H,17,18). The van der Waals surface area contributed by atoms with Crippen molar-refractivity contribution < 1.29 is 14.7 Å². The predicted molar refractivity (Wildman–Crippen MR) is 68.5 cm³/mol. The van der Waals surface area contributed by atoms with Gasteiger partial charge in [-0.3, -0.25) is 9.59 Å². The van der Waals surface area contributed by atoms with Crippen LogP contribution in [-0.2, 0) is 9.59 Å². The molecule has 0 atom stereocenters. The Morgan fingerprint density at radius 3 is 2.39 bits per heavy atom. The summed E-state index contributed by atoms with van der Waals surface area (Å²) in [6, 6.07) is 7.50. The maximum Gasteiger partial charge on any atom is 0.319 e. The van der Waals surface area contributed by atoms with Crippen molar-refractivity contribution in [3.05, 3.63) is 29.8 Å². The zero-order valence-corrected chi connectivity index (χ0v) is 10.6. The first kappa shape index (κ1) is 12.6. The van der Waals surface area contributed by atoms with Crippen LogP contribution in [-0.4, -0.2) is 17.0 Å². The second-order valence-electron chi connectivity index (χ2n) is 5.08. The molecule has 2 N–H and O–H groups in total. The van der Waals surface area contributed by atoms with Crippen LogP contribution < -0.4 is 5.32 Å². The Morgan fingerprint density at radius 2 is 1.89 bits per heavy atom. The van der Waals surface area contributed by atoms with E-state index in [1.165, 1.54) is 0 Å². The molecule has 1 aromatic carbocycles. The quantitative estimate of drug-likeness (QED) is 0.804. The van der Waals surface area contributed by atoms with E-state index in [1.54, 1.807) is 0 Å². The SMILES string of the molecule is CC(C)c1ccccc1NC(=O)C1(C(=O)O)CC1. The van der Waals surface area contributed by atoms with Crippen LogP contribution in [0.1, 0.15) is 38.2 Å². The van der Waals surface area contributed by atoms with Gasteiger partial charge < -0.3 is 10.4 Å². The number of hydrogen-bond donors (Lipinski definition) is 2. The number of para-hydroxylation sites is 1. The van der Waals surface area contributed by atoms with E-state index in [9.17, 15) is 9.59 Å². The van der Waals surface area contributed by atoms with Gasteiger partial charge >= 0.3 is 5.97 Å². The lowest BCUT2D eigenvalue weighted by atomic mass is 10.00. The number of carbonyl (C=O) groups excluding carboxylic acids is 1. The molecule has 0 spiro atoms. The molecule has 1 aliphatic carbocycles. The van der Waals surface area contributed by atoms with Gasteiger partial charge in [0.15, 0.2) is 0 Å². The molecule has 2 rings (SSSR count). The van der Waals surface area contributed by atoms with Crippen molar-refractivity contribution in [2.45, 2.75) is 32.6 Å². The molecule has 1 amide bonds. The highest BCUT2D eigenvalue weighted by atomic mass is 16.4. The minimum atomic E-state index is -1.19. The second kappa shape index (κ2) is 4.44. The number of anilines is 1. The molecule has 0 bridgehead atoms. The average molecular weight is 247 g/mol. The topological polar surface area (TPSA) is 66.4 Å². The Morgan fingerprint density at radius 1 is 1.28 bits per heavy atom. The molecule has 0 heterocycles. The molecule has 0 radical (unpaired) electrons. The fourth-order valence-electron chi connectivity index (χ4n) is 2.02. The highest BCUT2D eigenvalue weighted by molar-refractivity contribution is 6.11. The van der Waals surface area contributed by atoms with Gasteiger partial charge in [0.1, 0.15) is 5.41 Å². The summed E-state index contributed by atoms with van der Waals surface area (Å²) in [6.45, 7) is 4.07. The molecule has 4 nitrogen and oxygen atoms in total. The van der Waals surface area contributed by atoms with Crippen LogP contribution in [0.2, 0.25) is 0 Å². The van der Waals surface area contributed by atoms with E-state index in [-0.39, 0.29) is 5.92 Å². The molecular formula is C14H17NO3. The number of amides is 1. The fraction of sp³-hybridized carbons (Fsp3) is 0.429. The van der Waals surface area contributed by atoms with Gasteiger partial charge in [0, 0.05) is 5.69 Å². The summed E-state index contributed by atoms with van der Waals surface area (Å²) in [5.41, 5.74) is 0.543. The van der Waals surface area contributed by atoms with Crippen LogP contribution in [0.15, 0.2) is 24.3 Å². The van der Waals surface area contributed by atoms with Crippen molar-refractivity contribution in [2.24, 2.45) is 5.41 Å². The summed E-state index contributed by atoms with van der Waals surface area (Å²) in [6.07, 6.45) is 0.857. The first-order valence-electron chi connectivity index (χ1n) is 6.11. The van der Waals surface area contributed by atoms with Crippen LogP contribution >= 0.6 is 0 Å². The number of benzene rings is 1. The lowest BCUT2D eigenvalue weighted by Crippen LogP contribution is -2.31. The van der Waals surface area contributed by atoms with E-state index in [0.29, 0.717) is 18.5 Å². The van der Waals surface area contributed by atoms with E-state index < -0.39 is 17.3 Å². The van der Waals surface area contributed by atoms with Gasteiger partial charge in [-0.15, -0.1) is 0 Å². The number of aliphatic carboxylic acids is 1. The van der Waals surface area contributed by atoms with E-state index in [0.717, 1.165) is 5.56 Å². The third kappa shape index (κ3) is 2.10. The zero-order valence-electron chi connectivity index (χ0n) is 10.6. The van der Waals surface area contributed by atoms with Gasteiger partial charge in [0.2, 0.25) is 5.91 Å². The Balaban J connectivity index is 2.20. The van der Waals surface area contributed by atoms with Crippen molar-refractivity contribution in [1.82, 2.24) is 0 Å². The second-order valence-corrected chi connectivity index (χ2v) is 5.08. The van der Waals surface area contributed by atoms with E-state index >= 15 is 0 Å². The number of hydrogen-bond acceptors (Lipinski definition) is 2. The first-order chi connectivity index (χ1) is 8.47. The summed E-state index contributed by atoms with van der Waals surface area (Å²) in [4.78, 5) is 23.1. The summed E-state index contributed by atoms with van der Waals surface area (Å²) in [5.74, 6) is -1.15. The molecule has 0 aliphatic heterocycles. The van der Waals surface area contributed by atoms with Crippen molar-refractivity contribution in [3.63, 3.8) is 0 Å². The van der Waals surface area contributed by atoms with E-state index in [2.05, 4.69) is 5.32 Å². The molecule has 18 heavy (non-hydrogen) atoms. The number of nitrogens with one attached hydrogen (secondary N) is 1. The molecule has 1 aromatic rings. The van der Waals surface area contributed by atoms with Crippen molar-refractivity contribution in [1.29, 1.82) is 0 Å². The van der Waals surface area contributed by atoms with Gasteiger partial charge in [0.25, 0.3) is 0 Å². The molecule has 0 aromatic heterocycles. The molecule has 0 unspecified atom stereocenters. The molecule has 1 aliphatic rings. The van der Waals surface area contributed by atoms with Crippen LogP contribution in [0.5, 0.6) is 0 Å². The first-order valence-corrected chi connectivity index (χ1v) is 6.11. The van der Waals surface area contributed by atoms with Crippen LogP contribution in [0, 0.1) is 5.41 Å². The average Bonchev–Trinajstić information content (AvgIpc) is 3.10. The lowest BCUT2D eigenvalue weighted by Gasteiger charge is -2.16. The third-order valence-corrected chi connectivity index (χ3v) is 3.43. The van der Waals surface area contributed by atoms with Crippen molar-refractivity contribution in [3.8, 4) is 0 Å². The van der Waals surface area contributed by atoms with Gasteiger partial charge in [-0.05, 0) is 30.4 Å². The van der Waals surface area contributed by atoms with Crippen molar-refractivity contribution >= 4 is 17.6 Å². The highest BCUT2D eigenvalue weighted by Crippen LogP contribution is 2.47. The molecule has 96 valence electrons. The largest absolute Gasteiger partial charge is 0.480 e. The third-order valence-electron chi connectivity index (χ3n) is 3.43. The Kier molecular flexibility index (Phi) is 3.11. The Bertz CT molecular complexity index is 490. The zero-order chi connectivity index (χ0) is 13.3. The van der Waals surface area contributed by atoms with Crippen molar-refractivity contribution in [2.75, 3.05) is 5.32 Å². The highest BCUT2D eigenvalue weighted by Gasteiger charge is 2.57. The van der Waals surface area contributed by atoms with Gasteiger partial charge in [-0.25, -0.2) is 0 Å². The van der Waals surface area contributed by atoms with E-state index in [4.69, 9.17) is 5.11 Å². The molecular weight excluding hydrogens is 230 g/mol. The molecule has 1 fully saturated rings. The Labute approximate surface area is 106 Å². The molecule has 4 heteroatoms. The van der Waals surface area contributed by atoms with Crippen LogP contribution in [0.25, 0.3) is 0 Å². The number of carboxylic acid groups (broad SMARTS) is 1. The lowest BCUT2D eigenvalue weighted by molar-refractivity contribution is -0.147. The molecule has 1 saturated carbocycles. The van der Waals surface area contributed by atoms with Gasteiger partial charge in [-0.1, -0.05) is 32.0 Å². The fourth-order valence-corrected chi connectivity index (χ4v) is 2.02. The normalized spacial score (nSPS) is 16.4. The van der Waals surface area contributed by atoms with Gasteiger partial charge in [-0.2, -0.15) is 0 Å².